The number of aryl methyl sites for hydroxylation is 2. The number of aromatic nitrogens is 3. The molecular formula is C14H18N6O4S. The molecule has 0 amide bonds. The number of nitrogens with one attached hydrogen (secondary N) is 1. The third-order valence-corrected chi connectivity index (χ3v) is 5.01. The molecule has 0 fully saturated rings. The van der Waals surface area contributed by atoms with Crippen molar-refractivity contribution in [2.75, 3.05) is 5.32 Å². The Morgan fingerprint density at radius 1 is 1.48 bits per heavy atom. The van der Waals surface area contributed by atoms with Crippen molar-refractivity contribution in [3.63, 3.8) is 0 Å². The molecule has 1 aromatic heterocycles. The second-order valence-corrected chi connectivity index (χ2v) is 7.37. The van der Waals surface area contributed by atoms with Crippen LogP contribution >= 0.6 is 0 Å². The van der Waals surface area contributed by atoms with Gasteiger partial charge in [-0.2, -0.15) is 5.10 Å². The van der Waals surface area contributed by atoms with Crippen LogP contribution in [0.5, 0.6) is 0 Å². The van der Waals surface area contributed by atoms with Gasteiger partial charge in [0, 0.05) is 31.0 Å². The van der Waals surface area contributed by atoms with Crippen LogP contribution in [0.3, 0.4) is 0 Å². The summed E-state index contributed by atoms with van der Waals surface area (Å²) in [7, 11) is -4.10. The fourth-order valence-corrected chi connectivity index (χ4v) is 3.55. The zero-order valence-electron chi connectivity index (χ0n) is 13.5. The number of rotatable bonds is 5. The predicted octanol–water partition coefficient (Wildman–Crippen LogP) is 0.823. The summed E-state index contributed by atoms with van der Waals surface area (Å²) in [5.41, 5.74) is -0.0817. The maximum Gasteiger partial charge on any atom is 0.270 e. The van der Waals surface area contributed by atoms with E-state index in [4.69, 9.17) is 5.14 Å². The minimum absolute atomic E-state index is 0.0825. The minimum atomic E-state index is -4.10. The topological polar surface area (TPSA) is 146 Å². The van der Waals surface area contributed by atoms with Crippen molar-refractivity contribution in [2.45, 2.75) is 43.7 Å². The van der Waals surface area contributed by atoms with E-state index in [1.54, 1.807) is 0 Å². The summed E-state index contributed by atoms with van der Waals surface area (Å²) in [4.78, 5) is 14.4. The zero-order chi connectivity index (χ0) is 18.2. The number of non-ortho nitro benzene ring substituents is 1. The SMILES string of the molecule is CCc1nc2n(n1)CC(Nc1ccc([N+](=O)[O-])cc1S(N)(=O)=O)CC2. The lowest BCUT2D eigenvalue weighted by molar-refractivity contribution is -0.385. The molecule has 0 radical (unpaired) electrons. The van der Waals surface area contributed by atoms with E-state index in [-0.39, 0.29) is 22.3 Å². The Labute approximate surface area is 144 Å². The van der Waals surface area contributed by atoms with Gasteiger partial charge in [0.2, 0.25) is 10.0 Å². The lowest BCUT2D eigenvalue weighted by Gasteiger charge is -2.25. The lowest BCUT2D eigenvalue weighted by Crippen LogP contribution is -2.32. The Kier molecular flexibility index (Phi) is 4.43. The van der Waals surface area contributed by atoms with Gasteiger partial charge < -0.3 is 5.32 Å². The molecule has 0 saturated heterocycles. The molecule has 2 heterocycles. The van der Waals surface area contributed by atoms with Crippen molar-refractivity contribution < 1.29 is 13.3 Å². The molecule has 134 valence electrons. The van der Waals surface area contributed by atoms with Crippen molar-refractivity contribution in [2.24, 2.45) is 5.14 Å². The lowest BCUT2D eigenvalue weighted by atomic mass is 10.1. The van der Waals surface area contributed by atoms with Gasteiger partial charge in [0.1, 0.15) is 10.7 Å². The van der Waals surface area contributed by atoms with Crippen molar-refractivity contribution >= 4 is 21.4 Å². The number of hydrogen-bond donors (Lipinski definition) is 2. The first-order chi connectivity index (χ1) is 11.8. The van der Waals surface area contributed by atoms with E-state index < -0.39 is 14.9 Å². The Morgan fingerprint density at radius 3 is 2.88 bits per heavy atom. The number of sulfonamides is 1. The van der Waals surface area contributed by atoms with E-state index in [0.717, 1.165) is 30.6 Å². The quantitative estimate of drug-likeness (QED) is 0.588. The molecule has 0 bridgehead atoms. The Bertz CT molecular complexity index is 923. The zero-order valence-corrected chi connectivity index (χ0v) is 14.4. The van der Waals surface area contributed by atoms with Crippen molar-refractivity contribution in [1.29, 1.82) is 0 Å². The van der Waals surface area contributed by atoms with Gasteiger partial charge in [-0.15, -0.1) is 0 Å². The van der Waals surface area contributed by atoms with E-state index in [1.165, 1.54) is 12.1 Å². The highest BCUT2D eigenvalue weighted by atomic mass is 32.2. The van der Waals surface area contributed by atoms with Gasteiger partial charge in [-0.05, 0) is 12.5 Å². The van der Waals surface area contributed by atoms with Crippen LogP contribution in [0.2, 0.25) is 0 Å². The highest BCUT2D eigenvalue weighted by Crippen LogP contribution is 2.27. The fourth-order valence-electron chi connectivity index (χ4n) is 2.83. The molecular weight excluding hydrogens is 348 g/mol. The molecule has 1 aliphatic rings. The van der Waals surface area contributed by atoms with Crippen LogP contribution in [0, 0.1) is 10.1 Å². The number of benzene rings is 1. The van der Waals surface area contributed by atoms with Gasteiger partial charge in [-0.25, -0.2) is 23.2 Å². The van der Waals surface area contributed by atoms with Gasteiger partial charge in [0.05, 0.1) is 17.2 Å². The third kappa shape index (κ3) is 3.61. The van der Waals surface area contributed by atoms with Crippen LogP contribution in [0.15, 0.2) is 23.1 Å². The molecule has 3 rings (SSSR count). The van der Waals surface area contributed by atoms with Crippen molar-refractivity contribution in [3.05, 3.63) is 40.0 Å². The van der Waals surface area contributed by atoms with E-state index in [1.807, 2.05) is 11.6 Å². The highest BCUT2D eigenvalue weighted by molar-refractivity contribution is 7.89. The van der Waals surface area contributed by atoms with Crippen LogP contribution in [0.4, 0.5) is 11.4 Å². The molecule has 10 nitrogen and oxygen atoms in total. The maximum absolute atomic E-state index is 11.8. The summed E-state index contributed by atoms with van der Waals surface area (Å²) < 4.78 is 25.4. The van der Waals surface area contributed by atoms with Gasteiger partial charge in [0.15, 0.2) is 5.82 Å². The second-order valence-electron chi connectivity index (χ2n) is 5.84. The molecule has 3 N–H and O–H groups in total. The minimum Gasteiger partial charge on any atom is -0.379 e. The predicted molar refractivity (Wildman–Crippen MR) is 89.6 cm³/mol. The summed E-state index contributed by atoms with van der Waals surface area (Å²) in [5, 5.41) is 23.6. The average molecular weight is 366 g/mol. The van der Waals surface area contributed by atoms with Crippen LogP contribution in [0.25, 0.3) is 0 Å². The number of anilines is 1. The van der Waals surface area contributed by atoms with E-state index >= 15 is 0 Å². The van der Waals surface area contributed by atoms with E-state index in [2.05, 4.69) is 15.4 Å². The maximum atomic E-state index is 11.8. The fraction of sp³-hybridized carbons (Fsp3) is 0.429. The van der Waals surface area contributed by atoms with Crippen molar-refractivity contribution in [3.8, 4) is 0 Å². The monoisotopic (exact) mass is 366 g/mol. The number of nitro benzene ring substituents is 1. The Balaban J connectivity index is 1.87. The first-order valence-corrected chi connectivity index (χ1v) is 9.33. The Hall–Kier alpha value is -2.53. The summed E-state index contributed by atoms with van der Waals surface area (Å²) >= 11 is 0. The van der Waals surface area contributed by atoms with Crippen LogP contribution in [-0.4, -0.2) is 34.1 Å². The number of fused-ring (bicyclic) bond motifs is 1. The van der Waals surface area contributed by atoms with Gasteiger partial charge in [0.25, 0.3) is 5.69 Å². The highest BCUT2D eigenvalue weighted by Gasteiger charge is 2.24. The van der Waals surface area contributed by atoms with Gasteiger partial charge >= 0.3 is 0 Å². The second kappa shape index (κ2) is 6.41. The first-order valence-electron chi connectivity index (χ1n) is 7.78. The molecule has 1 aliphatic heterocycles. The smallest absolute Gasteiger partial charge is 0.270 e. The molecule has 1 aromatic carbocycles. The summed E-state index contributed by atoms with van der Waals surface area (Å²) in [6.07, 6.45) is 2.20. The summed E-state index contributed by atoms with van der Waals surface area (Å²) in [6.45, 7) is 2.51. The van der Waals surface area contributed by atoms with E-state index in [0.29, 0.717) is 13.0 Å². The molecule has 2 aromatic rings. The molecule has 0 saturated carbocycles. The van der Waals surface area contributed by atoms with Crippen molar-refractivity contribution in [1.82, 2.24) is 14.8 Å². The summed E-state index contributed by atoms with van der Waals surface area (Å²) in [5.74, 6) is 1.68. The Morgan fingerprint density at radius 2 is 2.24 bits per heavy atom. The molecule has 11 heteroatoms. The molecule has 0 spiro atoms. The van der Waals surface area contributed by atoms with Gasteiger partial charge in [-0.3, -0.25) is 10.1 Å². The number of hydrogen-bond acceptors (Lipinski definition) is 7. The number of nitrogens with two attached hydrogens (primary N) is 1. The van der Waals surface area contributed by atoms with Crippen LogP contribution < -0.4 is 10.5 Å². The average Bonchev–Trinajstić information content (AvgIpc) is 2.96. The summed E-state index contributed by atoms with van der Waals surface area (Å²) in [6, 6.07) is 3.50. The molecule has 0 aliphatic carbocycles. The number of nitrogens with zero attached hydrogens (tertiary/aromatic N) is 4. The largest absolute Gasteiger partial charge is 0.379 e. The normalized spacial score (nSPS) is 17.1. The standard InChI is InChI=1S/C14H18N6O4S/c1-2-13-17-14-6-3-9(8-19(14)18-13)16-11-5-4-10(20(21)22)7-12(11)25(15,23)24/h4-5,7,9,16H,2-3,6,8H2,1H3,(H2,15,23,24). The van der Waals surface area contributed by atoms with Crippen LogP contribution in [0.1, 0.15) is 25.0 Å². The number of nitro groups is 1. The molecule has 1 atom stereocenters. The first kappa shape index (κ1) is 17.3. The molecule has 25 heavy (non-hydrogen) atoms. The molecule has 1 unspecified atom stereocenters. The van der Waals surface area contributed by atoms with Gasteiger partial charge in [-0.1, -0.05) is 6.92 Å². The third-order valence-electron chi connectivity index (χ3n) is 4.06. The number of primary sulfonamides is 1. The van der Waals surface area contributed by atoms with E-state index in [9.17, 15) is 18.5 Å². The van der Waals surface area contributed by atoms with Crippen LogP contribution in [-0.2, 0) is 29.4 Å².